The van der Waals surface area contributed by atoms with Crippen molar-refractivity contribution >= 4 is 0 Å². The minimum Gasteiger partial charge on any atom is -0.315 e. The van der Waals surface area contributed by atoms with Gasteiger partial charge in [0, 0.05) is 12.6 Å². The summed E-state index contributed by atoms with van der Waals surface area (Å²) in [6.07, 6.45) is 1.24. The lowest BCUT2D eigenvalue weighted by molar-refractivity contribution is 0.487. The van der Waals surface area contributed by atoms with Gasteiger partial charge in [-0.05, 0) is 20.0 Å². The predicted molar refractivity (Wildman–Crippen MR) is 33.5 cm³/mol. The molecule has 0 aromatic rings. The summed E-state index contributed by atoms with van der Waals surface area (Å²) in [6.45, 7) is 2.25. The molecule has 3 nitrogen and oxygen atoms in total. The fourth-order valence-electron chi connectivity index (χ4n) is 0.982. The van der Waals surface area contributed by atoms with Gasteiger partial charge in [0.1, 0.15) is 0 Å². The minimum atomic E-state index is 0.639. The highest BCUT2D eigenvalue weighted by molar-refractivity contribution is 4.74. The summed E-state index contributed by atoms with van der Waals surface area (Å²) in [5.74, 6) is 0. The van der Waals surface area contributed by atoms with Gasteiger partial charge in [0.2, 0.25) is 0 Å². The average molecular weight is 115 g/mol. The zero-order chi connectivity index (χ0) is 5.82. The fourth-order valence-corrected chi connectivity index (χ4v) is 0.982. The lowest BCUT2D eigenvalue weighted by Gasteiger charge is -2.07. The van der Waals surface area contributed by atoms with Crippen molar-refractivity contribution in [1.82, 2.24) is 16.2 Å². The van der Waals surface area contributed by atoms with E-state index in [4.69, 9.17) is 0 Å². The summed E-state index contributed by atoms with van der Waals surface area (Å²) < 4.78 is 0. The van der Waals surface area contributed by atoms with Crippen LogP contribution in [0.25, 0.3) is 0 Å². The maximum Gasteiger partial charge on any atom is 0.0349 e. The highest BCUT2D eigenvalue weighted by atomic mass is 15.4. The molecule has 0 bridgehead atoms. The molecule has 1 aliphatic heterocycles. The van der Waals surface area contributed by atoms with Crippen LogP contribution in [0.3, 0.4) is 0 Å². The molecule has 0 aromatic heterocycles. The first-order chi connectivity index (χ1) is 3.93. The number of rotatable bonds is 2. The van der Waals surface area contributed by atoms with Crippen molar-refractivity contribution < 1.29 is 0 Å². The maximum atomic E-state index is 3.25. The molecule has 0 radical (unpaired) electrons. The lowest BCUT2D eigenvalue weighted by Crippen LogP contribution is -2.39. The van der Waals surface area contributed by atoms with Crippen LogP contribution in [-0.4, -0.2) is 26.2 Å². The van der Waals surface area contributed by atoms with Crippen LogP contribution in [0, 0.1) is 0 Å². The van der Waals surface area contributed by atoms with Crippen molar-refractivity contribution in [3.63, 3.8) is 0 Å². The topological polar surface area (TPSA) is 36.1 Å². The van der Waals surface area contributed by atoms with Crippen molar-refractivity contribution in [2.75, 3.05) is 20.1 Å². The minimum absolute atomic E-state index is 0.639. The molecule has 1 fully saturated rings. The van der Waals surface area contributed by atoms with E-state index in [0.29, 0.717) is 6.04 Å². The van der Waals surface area contributed by atoms with Crippen LogP contribution in [0.5, 0.6) is 0 Å². The van der Waals surface area contributed by atoms with Gasteiger partial charge < -0.3 is 5.32 Å². The van der Waals surface area contributed by atoms with Crippen LogP contribution in [0.15, 0.2) is 0 Å². The van der Waals surface area contributed by atoms with Gasteiger partial charge in [-0.25, -0.2) is 0 Å². The molecule has 1 unspecified atom stereocenters. The van der Waals surface area contributed by atoms with Gasteiger partial charge in [-0.15, -0.1) is 0 Å². The quantitative estimate of drug-likeness (QED) is 0.407. The van der Waals surface area contributed by atoms with Crippen LogP contribution in [0.4, 0.5) is 0 Å². The summed E-state index contributed by atoms with van der Waals surface area (Å²) in [4.78, 5) is 0. The Balaban J connectivity index is 2.06. The zero-order valence-corrected chi connectivity index (χ0v) is 5.20. The second-order valence-corrected chi connectivity index (χ2v) is 2.08. The van der Waals surface area contributed by atoms with Gasteiger partial charge in [0.15, 0.2) is 0 Å². The summed E-state index contributed by atoms with van der Waals surface area (Å²) in [7, 11) is 1.90. The van der Waals surface area contributed by atoms with Crippen molar-refractivity contribution in [2.24, 2.45) is 0 Å². The smallest absolute Gasteiger partial charge is 0.0349 e. The molecule has 0 aliphatic carbocycles. The van der Waals surface area contributed by atoms with E-state index >= 15 is 0 Å². The van der Waals surface area contributed by atoms with Crippen LogP contribution in [-0.2, 0) is 0 Å². The molecular formula is C5H13N3. The Hall–Kier alpha value is -0.120. The van der Waals surface area contributed by atoms with Crippen molar-refractivity contribution in [3.8, 4) is 0 Å². The summed E-state index contributed by atoms with van der Waals surface area (Å²) in [5, 5.41) is 3.25. The van der Waals surface area contributed by atoms with Crippen LogP contribution < -0.4 is 16.2 Å². The third-order valence-corrected chi connectivity index (χ3v) is 1.41. The Morgan fingerprint density at radius 1 is 1.62 bits per heavy atom. The molecule has 3 N–H and O–H groups in total. The Morgan fingerprint density at radius 2 is 2.50 bits per heavy atom. The molecule has 1 aliphatic rings. The number of nitrogens with one attached hydrogen (secondary N) is 3. The summed E-state index contributed by atoms with van der Waals surface area (Å²) >= 11 is 0. The van der Waals surface area contributed by atoms with Gasteiger partial charge in [-0.2, -0.15) is 0 Å². The molecule has 8 heavy (non-hydrogen) atoms. The van der Waals surface area contributed by atoms with Crippen LogP contribution in [0.1, 0.15) is 6.42 Å². The highest BCUT2D eigenvalue weighted by Crippen LogP contribution is 1.93. The molecule has 0 spiro atoms. The van der Waals surface area contributed by atoms with Crippen molar-refractivity contribution in [2.45, 2.75) is 12.5 Å². The molecule has 1 heterocycles. The third kappa shape index (κ3) is 1.43. The number of hydrogen-bond acceptors (Lipinski definition) is 3. The van der Waals surface area contributed by atoms with E-state index in [1.807, 2.05) is 7.05 Å². The Morgan fingerprint density at radius 3 is 3.00 bits per heavy atom. The largest absolute Gasteiger partial charge is 0.315 e. The monoisotopic (exact) mass is 115 g/mol. The molecule has 0 aromatic carbocycles. The van der Waals surface area contributed by atoms with Gasteiger partial charge >= 0.3 is 0 Å². The number of hydrazine groups is 1. The predicted octanol–water partition coefficient (Wildman–Crippen LogP) is -0.928. The third-order valence-electron chi connectivity index (χ3n) is 1.41. The average Bonchev–Trinajstić information content (AvgIpc) is 2.19. The van der Waals surface area contributed by atoms with Gasteiger partial charge in [-0.3, -0.25) is 10.9 Å². The molecule has 1 atom stereocenters. The molecule has 3 heteroatoms. The van der Waals surface area contributed by atoms with Crippen LogP contribution in [0.2, 0.25) is 0 Å². The lowest BCUT2D eigenvalue weighted by atomic mass is 10.3. The molecule has 0 saturated carbocycles. The normalized spacial score (nSPS) is 28.9. The molecule has 0 amide bonds. The first-order valence-electron chi connectivity index (χ1n) is 3.06. The van der Waals surface area contributed by atoms with Crippen molar-refractivity contribution in [1.29, 1.82) is 0 Å². The molecular weight excluding hydrogens is 102 g/mol. The maximum absolute atomic E-state index is 3.25. The fraction of sp³-hybridized carbons (Fsp3) is 1.00. The summed E-state index contributed by atoms with van der Waals surface area (Å²) in [5.41, 5.74) is 6.05. The van der Waals surface area contributed by atoms with E-state index in [-0.39, 0.29) is 0 Å². The highest BCUT2D eigenvalue weighted by Gasteiger charge is 2.11. The van der Waals surface area contributed by atoms with Crippen LogP contribution >= 0.6 is 0 Å². The second kappa shape index (κ2) is 3.02. The molecule has 1 saturated heterocycles. The Labute approximate surface area is 49.8 Å². The number of hydrogen-bond donors (Lipinski definition) is 3. The van der Waals surface area contributed by atoms with E-state index in [1.54, 1.807) is 0 Å². The standard InChI is InChI=1S/C5H13N3/c1-6-8-5-2-3-7-4-5/h5-8H,2-4H2,1H3. The first kappa shape index (κ1) is 6.01. The SMILES string of the molecule is CNNC1CCNC1. The molecule has 48 valence electrons. The zero-order valence-electron chi connectivity index (χ0n) is 5.20. The van der Waals surface area contributed by atoms with Crippen molar-refractivity contribution in [3.05, 3.63) is 0 Å². The Bertz CT molecular complexity index is 58.7. The second-order valence-electron chi connectivity index (χ2n) is 2.08. The van der Waals surface area contributed by atoms with Gasteiger partial charge in [0.25, 0.3) is 0 Å². The summed E-state index contributed by atoms with van der Waals surface area (Å²) in [6, 6.07) is 0.639. The molecule has 1 rings (SSSR count). The Kier molecular flexibility index (Phi) is 2.27. The van der Waals surface area contributed by atoms with E-state index in [9.17, 15) is 0 Å². The van der Waals surface area contributed by atoms with Gasteiger partial charge in [-0.1, -0.05) is 0 Å². The van der Waals surface area contributed by atoms with E-state index in [2.05, 4.69) is 16.2 Å². The van der Waals surface area contributed by atoms with E-state index < -0.39 is 0 Å². The first-order valence-corrected chi connectivity index (χ1v) is 3.06. The van der Waals surface area contributed by atoms with E-state index in [0.717, 1.165) is 13.1 Å². The van der Waals surface area contributed by atoms with E-state index in [1.165, 1.54) is 6.42 Å². The van der Waals surface area contributed by atoms with Gasteiger partial charge in [0.05, 0.1) is 0 Å².